The Labute approximate surface area is 166 Å². The van der Waals surface area contributed by atoms with Crippen molar-refractivity contribution < 1.29 is 14.3 Å². The van der Waals surface area contributed by atoms with Crippen LogP contribution in [0.25, 0.3) is 0 Å². The molecule has 3 N–H and O–H groups in total. The molecule has 0 aliphatic heterocycles. The summed E-state index contributed by atoms with van der Waals surface area (Å²) in [7, 11) is 1.67. The van der Waals surface area contributed by atoms with Gasteiger partial charge in [0.05, 0.1) is 12.6 Å². The summed E-state index contributed by atoms with van der Waals surface area (Å²) in [6, 6.07) is 13.3. The lowest BCUT2D eigenvalue weighted by atomic mass is 9.87. The van der Waals surface area contributed by atoms with Crippen molar-refractivity contribution in [2.24, 2.45) is 0 Å². The maximum absolute atomic E-state index is 12.6. The molecule has 0 saturated carbocycles. The second-order valence-corrected chi connectivity index (χ2v) is 6.60. The molecule has 1 amide bonds. The molecular weight excluding hydrogens is 364 g/mol. The van der Waals surface area contributed by atoms with Gasteiger partial charge in [-0.25, -0.2) is 0 Å². The average molecular weight is 391 g/mol. The number of ether oxygens (including phenoxy) is 2. The van der Waals surface area contributed by atoms with Crippen molar-refractivity contribution >= 4 is 24.0 Å². The van der Waals surface area contributed by atoms with Gasteiger partial charge in [-0.3, -0.25) is 4.79 Å². The Morgan fingerprint density at radius 1 is 1.19 bits per heavy atom. The van der Waals surface area contributed by atoms with E-state index in [2.05, 4.69) is 5.32 Å². The number of hydrogen-bond acceptors (Lipinski definition) is 4. The molecular formula is C21H27ClN2O3. The molecule has 0 radical (unpaired) electrons. The number of anilines is 1. The van der Waals surface area contributed by atoms with Crippen LogP contribution in [0.2, 0.25) is 0 Å². The molecule has 3 rings (SSSR count). The van der Waals surface area contributed by atoms with Gasteiger partial charge in [0.2, 0.25) is 0 Å². The van der Waals surface area contributed by atoms with E-state index in [1.54, 1.807) is 19.2 Å². The minimum Gasteiger partial charge on any atom is -0.494 e. The van der Waals surface area contributed by atoms with Gasteiger partial charge in [0, 0.05) is 31.4 Å². The highest BCUT2D eigenvalue weighted by molar-refractivity contribution is 5.94. The number of aryl methyl sites for hydroxylation is 1. The van der Waals surface area contributed by atoms with Crippen LogP contribution in [0.3, 0.4) is 0 Å². The van der Waals surface area contributed by atoms with Crippen molar-refractivity contribution in [3.63, 3.8) is 0 Å². The van der Waals surface area contributed by atoms with Crippen molar-refractivity contribution in [1.82, 2.24) is 5.32 Å². The molecule has 0 fully saturated rings. The molecule has 1 atom stereocenters. The number of methoxy groups -OCH3 is 1. The van der Waals surface area contributed by atoms with E-state index in [1.165, 1.54) is 11.1 Å². The van der Waals surface area contributed by atoms with Gasteiger partial charge in [-0.15, -0.1) is 12.4 Å². The fourth-order valence-corrected chi connectivity index (χ4v) is 3.32. The summed E-state index contributed by atoms with van der Waals surface area (Å²) in [5.41, 5.74) is 9.70. The lowest BCUT2D eigenvalue weighted by Crippen LogP contribution is -2.31. The molecule has 0 saturated heterocycles. The molecule has 6 heteroatoms. The van der Waals surface area contributed by atoms with E-state index in [-0.39, 0.29) is 24.4 Å². The minimum absolute atomic E-state index is 0. The number of carbonyl (C=O) groups excluding carboxylic acids is 1. The van der Waals surface area contributed by atoms with E-state index >= 15 is 0 Å². The molecule has 1 aliphatic rings. The highest BCUT2D eigenvalue weighted by Gasteiger charge is 2.22. The molecule has 0 bridgehead atoms. The fraction of sp³-hybridized carbons (Fsp3) is 0.381. The lowest BCUT2D eigenvalue weighted by Gasteiger charge is -2.26. The number of hydrogen-bond donors (Lipinski definition) is 2. The number of nitrogens with one attached hydrogen (secondary N) is 1. The van der Waals surface area contributed by atoms with Crippen LogP contribution in [0.5, 0.6) is 5.75 Å². The predicted octanol–water partition coefficient (Wildman–Crippen LogP) is 3.91. The van der Waals surface area contributed by atoms with Crippen molar-refractivity contribution in [1.29, 1.82) is 0 Å². The third-order valence-corrected chi connectivity index (χ3v) is 4.66. The van der Waals surface area contributed by atoms with Gasteiger partial charge in [-0.05, 0) is 66.8 Å². The number of rotatable bonds is 7. The van der Waals surface area contributed by atoms with E-state index in [9.17, 15) is 4.79 Å². The molecule has 2 aromatic rings. The van der Waals surface area contributed by atoms with E-state index in [4.69, 9.17) is 15.2 Å². The van der Waals surface area contributed by atoms with Crippen molar-refractivity contribution in [3.05, 3.63) is 59.2 Å². The van der Waals surface area contributed by atoms with E-state index in [0.717, 1.165) is 37.1 Å². The Hall–Kier alpha value is -2.24. The van der Waals surface area contributed by atoms with Crippen LogP contribution in [0.1, 0.15) is 46.8 Å². The van der Waals surface area contributed by atoms with E-state index in [0.29, 0.717) is 18.8 Å². The molecule has 5 nitrogen and oxygen atoms in total. The molecule has 0 spiro atoms. The third-order valence-electron chi connectivity index (χ3n) is 4.66. The monoisotopic (exact) mass is 390 g/mol. The second kappa shape index (κ2) is 10.2. The van der Waals surface area contributed by atoms with Gasteiger partial charge in [0.1, 0.15) is 5.75 Å². The second-order valence-electron chi connectivity index (χ2n) is 6.60. The topological polar surface area (TPSA) is 73.6 Å². The normalized spacial score (nSPS) is 15.4. The maximum Gasteiger partial charge on any atom is 0.251 e. The standard InChI is InChI=1S/C21H26N2O3.ClH/c1-25-12-3-13-26-18-9-6-15(7-10-18)21(24)23-20-5-2-4-16-14-17(22)8-11-19(16)20;/h6-11,14,20H,2-5,12-13,22H2,1H3,(H,23,24);1H. The summed E-state index contributed by atoms with van der Waals surface area (Å²) in [5, 5.41) is 3.15. The minimum atomic E-state index is -0.0643. The number of nitrogen functional groups attached to an aromatic ring is 1. The first-order valence-corrected chi connectivity index (χ1v) is 9.08. The SMILES string of the molecule is COCCCOc1ccc(C(=O)NC2CCCc3cc(N)ccc32)cc1.Cl. The van der Waals surface area contributed by atoms with E-state index in [1.807, 2.05) is 30.3 Å². The Morgan fingerprint density at radius 2 is 1.96 bits per heavy atom. The summed E-state index contributed by atoms with van der Waals surface area (Å²) in [5.74, 6) is 0.696. The number of fused-ring (bicyclic) bond motifs is 1. The smallest absolute Gasteiger partial charge is 0.251 e. The Kier molecular flexibility index (Phi) is 7.95. The Balaban J connectivity index is 0.00000261. The Bertz CT molecular complexity index is 750. The quantitative estimate of drug-likeness (QED) is 0.555. The van der Waals surface area contributed by atoms with Crippen LogP contribution in [0.4, 0.5) is 5.69 Å². The van der Waals surface area contributed by atoms with Gasteiger partial charge in [-0.2, -0.15) is 0 Å². The summed E-state index contributed by atoms with van der Waals surface area (Å²) in [6.07, 6.45) is 3.85. The summed E-state index contributed by atoms with van der Waals surface area (Å²) in [4.78, 5) is 12.6. The van der Waals surface area contributed by atoms with Crippen molar-refractivity contribution in [2.75, 3.05) is 26.1 Å². The average Bonchev–Trinajstić information content (AvgIpc) is 2.65. The largest absolute Gasteiger partial charge is 0.494 e. The molecule has 0 heterocycles. The number of benzene rings is 2. The summed E-state index contributed by atoms with van der Waals surface area (Å²) >= 11 is 0. The molecule has 1 unspecified atom stereocenters. The van der Waals surface area contributed by atoms with Gasteiger partial charge in [0.25, 0.3) is 5.91 Å². The zero-order chi connectivity index (χ0) is 18.4. The molecule has 1 aliphatic carbocycles. The van der Waals surface area contributed by atoms with Gasteiger partial charge < -0.3 is 20.5 Å². The summed E-state index contributed by atoms with van der Waals surface area (Å²) in [6.45, 7) is 1.27. The molecule has 27 heavy (non-hydrogen) atoms. The molecule has 2 aromatic carbocycles. The number of carbonyl (C=O) groups is 1. The molecule has 146 valence electrons. The van der Waals surface area contributed by atoms with Gasteiger partial charge in [0.15, 0.2) is 0 Å². The van der Waals surface area contributed by atoms with Crippen LogP contribution < -0.4 is 15.8 Å². The number of nitrogens with two attached hydrogens (primary N) is 1. The van der Waals surface area contributed by atoms with Crippen LogP contribution in [-0.4, -0.2) is 26.2 Å². The Morgan fingerprint density at radius 3 is 2.70 bits per heavy atom. The van der Waals surface area contributed by atoms with Crippen LogP contribution in [0, 0.1) is 0 Å². The van der Waals surface area contributed by atoms with Crippen LogP contribution >= 0.6 is 12.4 Å². The highest BCUT2D eigenvalue weighted by Crippen LogP contribution is 2.31. The first kappa shape index (κ1) is 21.1. The van der Waals surface area contributed by atoms with Crippen LogP contribution in [-0.2, 0) is 11.2 Å². The van der Waals surface area contributed by atoms with Crippen LogP contribution in [0.15, 0.2) is 42.5 Å². The van der Waals surface area contributed by atoms with Gasteiger partial charge >= 0.3 is 0 Å². The highest BCUT2D eigenvalue weighted by atomic mass is 35.5. The maximum atomic E-state index is 12.6. The molecule has 0 aromatic heterocycles. The summed E-state index contributed by atoms with van der Waals surface area (Å²) < 4.78 is 10.6. The fourth-order valence-electron chi connectivity index (χ4n) is 3.32. The zero-order valence-electron chi connectivity index (χ0n) is 15.6. The third kappa shape index (κ3) is 5.62. The predicted molar refractivity (Wildman–Crippen MR) is 110 cm³/mol. The first-order valence-electron chi connectivity index (χ1n) is 9.08. The van der Waals surface area contributed by atoms with Gasteiger partial charge in [-0.1, -0.05) is 6.07 Å². The van der Waals surface area contributed by atoms with Crippen molar-refractivity contribution in [2.45, 2.75) is 31.7 Å². The van der Waals surface area contributed by atoms with Crippen molar-refractivity contribution in [3.8, 4) is 5.75 Å². The zero-order valence-corrected chi connectivity index (χ0v) is 16.4. The first-order chi connectivity index (χ1) is 12.7. The van der Waals surface area contributed by atoms with E-state index < -0.39 is 0 Å². The number of halogens is 1. The lowest BCUT2D eigenvalue weighted by molar-refractivity contribution is 0.0932. The number of amides is 1.